The van der Waals surface area contributed by atoms with E-state index >= 15 is 0 Å². The molecule has 0 fully saturated rings. The molecular formula is C13H15ClN4. The van der Waals surface area contributed by atoms with Crippen LogP contribution in [0.5, 0.6) is 0 Å². The molecule has 0 amide bonds. The predicted molar refractivity (Wildman–Crippen MR) is 71.3 cm³/mol. The number of benzene rings is 1. The van der Waals surface area contributed by atoms with E-state index in [0.29, 0.717) is 12.4 Å². The van der Waals surface area contributed by atoms with E-state index in [1.807, 2.05) is 31.2 Å². The first-order valence-electron chi connectivity index (χ1n) is 5.82. The van der Waals surface area contributed by atoms with Crippen molar-refractivity contribution in [2.45, 2.75) is 26.3 Å². The first-order chi connectivity index (χ1) is 8.67. The molecule has 0 radical (unpaired) electrons. The number of hydrogen-bond acceptors (Lipinski definition) is 4. The summed E-state index contributed by atoms with van der Waals surface area (Å²) in [5.41, 5.74) is 6.76. The molecule has 2 aromatic rings. The van der Waals surface area contributed by atoms with Crippen LogP contribution in [-0.4, -0.2) is 15.0 Å². The van der Waals surface area contributed by atoms with E-state index < -0.39 is 0 Å². The molecule has 2 rings (SSSR count). The Kier molecular flexibility index (Phi) is 4.23. The van der Waals surface area contributed by atoms with Gasteiger partial charge in [-0.2, -0.15) is 0 Å². The minimum atomic E-state index is 0.345. The van der Waals surface area contributed by atoms with Crippen LogP contribution < -0.4 is 5.73 Å². The molecule has 0 aliphatic carbocycles. The number of nitrogens with two attached hydrogens (primary N) is 1. The normalized spacial score (nSPS) is 10.6. The van der Waals surface area contributed by atoms with E-state index in [9.17, 15) is 0 Å². The van der Waals surface area contributed by atoms with Gasteiger partial charge in [0.1, 0.15) is 17.5 Å². The first-order valence-corrected chi connectivity index (χ1v) is 6.20. The Morgan fingerprint density at radius 3 is 2.33 bits per heavy atom. The van der Waals surface area contributed by atoms with Crippen molar-refractivity contribution in [1.82, 2.24) is 15.0 Å². The topological polar surface area (TPSA) is 64.7 Å². The summed E-state index contributed by atoms with van der Waals surface area (Å²) in [7, 11) is 0. The lowest BCUT2D eigenvalue weighted by molar-refractivity contribution is 0.763. The second kappa shape index (κ2) is 5.89. The van der Waals surface area contributed by atoms with Crippen LogP contribution in [0.15, 0.2) is 24.3 Å². The smallest absolute Gasteiger partial charge is 0.146 e. The second-order valence-corrected chi connectivity index (χ2v) is 4.48. The summed E-state index contributed by atoms with van der Waals surface area (Å²) >= 11 is 5.84. The Labute approximate surface area is 111 Å². The van der Waals surface area contributed by atoms with E-state index in [1.54, 1.807) is 0 Å². The number of hydrogen-bond donors (Lipinski definition) is 1. The van der Waals surface area contributed by atoms with Gasteiger partial charge < -0.3 is 5.73 Å². The third-order valence-electron chi connectivity index (χ3n) is 2.57. The van der Waals surface area contributed by atoms with Crippen LogP contribution in [0.4, 0.5) is 0 Å². The number of rotatable bonds is 4. The molecule has 0 aliphatic heterocycles. The molecule has 0 saturated carbocycles. The van der Waals surface area contributed by atoms with E-state index in [4.69, 9.17) is 17.3 Å². The fraction of sp³-hybridized carbons (Fsp3) is 0.308. The van der Waals surface area contributed by atoms with Crippen molar-refractivity contribution < 1.29 is 0 Å². The molecule has 0 aliphatic rings. The highest BCUT2D eigenvalue weighted by atomic mass is 35.5. The molecule has 1 aromatic carbocycles. The molecule has 94 valence electrons. The zero-order chi connectivity index (χ0) is 13.0. The quantitative estimate of drug-likeness (QED) is 0.916. The van der Waals surface area contributed by atoms with E-state index in [1.165, 1.54) is 5.56 Å². The maximum Gasteiger partial charge on any atom is 0.146 e. The van der Waals surface area contributed by atoms with Gasteiger partial charge in [-0.25, -0.2) is 15.0 Å². The minimum absolute atomic E-state index is 0.345. The summed E-state index contributed by atoms with van der Waals surface area (Å²) in [5.74, 6) is 2.16. The summed E-state index contributed by atoms with van der Waals surface area (Å²) in [6, 6.07) is 7.81. The zero-order valence-electron chi connectivity index (χ0n) is 10.2. The largest absolute Gasteiger partial charge is 0.324 e. The molecule has 1 aromatic heterocycles. The van der Waals surface area contributed by atoms with Crippen LogP contribution in [0.2, 0.25) is 5.02 Å². The molecule has 2 N–H and O–H groups in total. The lowest BCUT2D eigenvalue weighted by Gasteiger charge is -2.04. The number of aryl methyl sites for hydroxylation is 3. The van der Waals surface area contributed by atoms with Gasteiger partial charge in [-0.15, -0.1) is 0 Å². The summed E-state index contributed by atoms with van der Waals surface area (Å²) in [5, 5.41) is 0.750. The van der Waals surface area contributed by atoms with Gasteiger partial charge in [0.05, 0.1) is 6.54 Å². The van der Waals surface area contributed by atoms with Crippen LogP contribution in [0, 0.1) is 6.92 Å². The molecular weight excluding hydrogens is 248 g/mol. The van der Waals surface area contributed by atoms with Crippen molar-refractivity contribution in [1.29, 1.82) is 0 Å². The summed E-state index contributed by atoms with van der Waals surface area (Å²) < 4.78 is 0. The fourth-order valence-corrected chi connectivity index (χ4v) is 1.83. The summed E-state index contributed by atoms with van der Waals surface area (Å²) in [6.45, 7) is 2.20. The molecule has 0 saturated heterocycles. The number of aromatic nitrogens is 3. The predicted octanol–water partition coefficient (Wildman–Crippen LogP) is 2.08. The average Bonchev–Trinajstić information content (AvgIpc) is 2.37. The Morgan fingerprint density at radius 2 is 1.67 bits per heavy atom. The minimum Gasteiger partial charge on any atom is -0.324 e. The van der Waals surface area contributed by atoms with E-state index in [2.05, 4.69) is 15.0 Å². The lowest BCUT2D eigenvalue weighted by Crippen LogP contribution is -2.10. The van der Waals surface area contributed by atoms with Gasteiger partial charge in [0.15, 0.2) is 0 Å². The van der Waals surface area contributed by atoms with Gasteiger partial charge in [0, 0.05) is 11.4 Å². The van der Waals surface area contributed by atoms with Gasteiger partial charge >= 0.3 is 0 Å². The Hall–Kier alpha value is -1.52. The summed E-state index contributed by atoms with van der Waals surface area (Å²) in [6.07, 6.45) is 1.66. The number of nitrogens with zero attached hydrogens (tertiary/aromatic N) is 3. The van der Waals surface area contributed by atoms with Gasteiger partial charge in [0.25, 0.3) is 0 Å². The van der Waals surface area contributed by atoms with Crippen molar-refractivity contribution in [3.8, 4) is 0 Å². The molecule has 18 heavy (non-hydrogen) atoms. The third kappa shape index (κ3) is 3.48. The monoisotopic (exact) mass is 262 g/mol. The van der Waals surface area contributed by atoms with Gasteiger partial charge in [-0.1, -0.05) is 23.7 Å². The van der Waals surface area contributed by atoms with Crippen molar-refractivity contribution in [3.63, 3.8) is 0 Å². The second-order valence-electron chi connectivity index (χ2n) is 4.05. The number of halogens is 1. The highest BCUT2D eigenvalue weighted by molar-refractivity contribution is 6.30. The van der Waals surface area contributed by atoms with Crippen LogP contribution in [0.1, 0.15) is 23.0 Å². The Balaban J connectivity index is 2.05. The van der Waals surface area contributed by atoms with Crippen molar-refractivity contribution in [2.24, 2.45) is 5.73 Å². The Bertz CT molecular complexity index is 525. The van der Waals surface area contributed by atoms with Gasteiger partial charge in [-0.05, 0) is 31.0 Å². The highest BCUT2D eigenvalue weighted by Crippen LogP contribution is 2.11. The zero-order valence-corrected chi connectivity index (χ0v) is 11.0. The maximum absolute atomic E-state index is 5.84. The van der Waals surface area contributed by atoms with Crippen molar-refractivity contribution >= 4 is 11.6 Å². The standard InChI is InChI=1S/C13H15ClN4/c1-9-16-12(18-13(8-15)17-9)7-4-10-2-5-11(14)6-3-10/h2-3,5-6H,4,7-8,15H2,1H3. The van der Waals surface area contributed by atoms with Crippen molar-refractivity contribution in [3.05, 3.63) is 52.3 Å². The fourth-order valence-electron chi connectivity index (χ4n) is 1.71. The third-order valence-corrected chi connectivity index (χ3v) is 2.82. The van der Waals surface area contributed by atoms with Gasteiger partial charge in [-0.3, -0.25) is 0 Å². The average molecular weight is 263 g/mol. The lowest BCUT2D eigenvalue weighted by atomic mass is 10.1. The molecule has 0 bridgehead atoms. The first kappa shape index (κ1) is 12.9. The molecule has 0 atom stereocenters. The Morgan fingerprint density at radius 1 is 1.00 bits per heavy atom. The van der Waals surface area contributed by atoms with Crippen LogP contribution in [0.3, 0.4) is 0 Å². The van der Waals surface area contributed by atoms with Crippen molar-refractivity contribution in [2.75, 3.05) is 0 Å². The molecule has 4 nitrogen and oxygen atoms in total. The van der Waals surface area contributed by atoms with Crippen LogP contribution in [0.25, 0.3) is 0 Å². The molecule has 0 spiro atoms. The van der Waals surface area contributed by atoms with Crippen LogP contribution in [-0.2, 0) is 19.4 Å². The van der Waals surface area contributed by atoms with E-state index in [0.717, 1.165) is 29.5 Å². The molecule has 0 unspecified atom stereocenters. The molecule has 5 heteroatoms. The van der Waals surface area contributed by atoms with E-state index in [-0.39, 0.29) is 0 Å². The summed E-state index contributed by atoms with van der Waals surface area (Å²) in [4.78, 5) is 12.8. The maximum atomic E-state index is 5.84. The SMILES string of the molecule is Cc1nc(CN)nc(CCc2ccc(Cl)cc2)n1. The highest BCUT2D eigenvalue weighted by Gasteiger charge is 2.03. The van der Waals surface area contributed by atoms with Gasteiger partial charge in [0.2, 0.25) is 0 Å². The molecule has 1 heterocycles. The van der Waals surface area contributed by atoms with Crippen LogP contribution >= 0.6 is 11.6 Å².